The molecule has 0 aliphatic heterocycles. The molecule has 0 radical (unpaired) electrons. The Morgan fingerprint density at radius 3 is 1.89 bits per heavy atom. The molecule has 0 saturated carbocycles. The van der Waals surface area contributed by atoms with E-state index >= 15 is 0 Å². The number of carbonyl (C=O) groups excluding carboxylic acids is 5. The number of unbranched alkanes of at least 4 members (excludes halogenated alkanes) is 1. The number of carbonyl (C=O) groups is 6. The monoisotopic (exact) mass is 635 g/mol. The molecule has 5 amide bonds. The number of carboxylic acids is 1. The van der Waals surface area contributed by atoms with Gasteiger partial charge in [0.05, 0.1) is 0 Å². The van der Waals surface area contributed by atoms with Crippen LogP contribution in [0, 0.1) is 11.8 Å². The van der Waals surface area contributed by atoms with Crippen LogP contribution in [0.1, 0.15) is 73.3 Å². The van der Waals surface area contributed by atoms with E-state index in [1.165, 1.54) is 0 Å². The molecule has 0 heterocycles. The fourth-order valence-corrected chi connectivity index (χ4v) is 4.00. The van der Waals surface area contributed by atoms with Crippen LogP contribution in [0.2, 0.25) is 0 Å². The van der Waals surface area contributed by atoms with E-state index in [1.807, 2.05) is 30.3 Å². The Hall–Kier alpha value is -4.36. The molecule has 0 fully saturated rings. The van der Waals surface area contributed by atoms with Crippen molar-refractivity contribution in [3.8, 4) is 0 Å². The minimum atomic E-state index is -1.23. The Kier molecular flexibility index (Phi) is 16.4. The third-order valence-electron chi connectivity index (χ3n) is 6.32. The summed E-state index contributed by atoms with van der Waals surface area (Å²) in [5, 5.41) is 21.6. The molecule has 14 nitrogen and oxygen atoms in total. The molecule has 252 valence electrons. The fourth-order valence-electron chi connectivity index (χ4n) is 4.00. The molecule has 1 rings (SSSR count). The predicted octanol–water partition coefficient (Wildman–Crippen LogP) is 2.46. The smallest absolute Gasteiger partial charge is 0.408 e. The van der Waals surface area contributed by atoms with Crippen molar-refractivity contribution in [3.05, 3.63) is 35.9 Å². The zero-order valence-electron chi connectivity index (χ0n) is 27.2. The lowest BCUT2D eigenvalue weighted by atomic mass is 9.99. The minimum Gasteiger partial charge on any atom is -0.480 e. The largest absolute Gasteiger partial charge is 0.480 e. The Balaban J connectivity index is 2.84. The van der Waals surface area contributed by atoms with Crippen LogP contribution in [0.15, 0.2) is 30.3 Å². The van der Waals surface area contributed by atoms with Gasteiger partial charge in [-0.1, -0.05) is 58.0 Å². The summed E-state index contributed by atoms with van der Waals surface area (Å²) in [4.78, 5) is 74.6. The van der Waals surface area contributed by atoms with Gasteiger partial charge in [0.25, 0.3) is 0 Å². The molecular formula is C31H49N5O9. The Labute approximate surface area is 264 Å². The van der Waals surface area contributed by atoms with Gasteiger partial charge in [-0.2, -0.15) is 0 Å². The van der Waals surface area contributed by atoms with Crippen molar-refractivity contribution >= 4 is 35.9 Å². The predicted molar refractivity (Wildman–Crippen MR) is 166 cm³/mol. The molecule has 0 spiro atoms. The second-order valence-electron chi connectivity index (χ2n) is 12.3. The Morgan fingerprint density at radius 2 is 1.33 bits per heavy atom. The number of hydrogen-bond donors (Lipinski definition) is 6. The molecule has 45 heavy (non-hydrogen) atoms. The van der Waals surface area contributed by atoms with Crippen molar-refractivity contribution in [2.45, 2.75) is 98.1 Å². The van der Waals surface area contributed by atoms with Crippen LogP contribution in [-0.2, 0) is 35.3 Å². The van der Waals surface area contributed by atoms with Gasteiger partial charge < -0.3 is 41.2 Å². The van der Waals surface area contributed by atoms with Gasteiger partial charge in [-0.05, 0) is 57.4 Å². The lowest BCUT2D eigenvalue weighted by Gasteiger charge is -2.29. The molecule has 0 saturated heterocycles. The average Bonchev–Trinajstić information content (AvgIpc) is 2.94. The number of rotatable bonds is 17. The minimum absolute atomic E-state index is 0.129. The van der Waals surface area contributed by atoms with Crippen molar-refractivity contribution in [1.29, 1.82) is 0 Å². The molecule has 3 atom stereocenters. The summed E-state index contributed by atoms with van der Waals surface area (Å²) in [5.41, 5.74) is 0.0343. The number of alkyl carbamates (subject to hydrolysis) is 2. The van der Waals surface area contributed by atoms with Crippen LogP contribution < -0.4 is 26.6 Å². The topological polar surface area (TPSA) is 201 Å². The van der Waals surface area contributed by atoms with E-state index in [1.54, 1.807) is 48.5 Å². The number of amides is 5. The number of benzene rings is 1. The Bertz CT molecular complexity index is 1140. The van der Waals surface area contributed by atoms with Gasteiger partial charge in [-0.25, -0.2) is 9.59 Å². The quantitative estimate of drug-likeness (QED) is 0.139. The van der Waals surface area contributed by atoms with E-state index < -0.39 is 72.1 Å². The first kappa shape index (κ1) is 38.7. The van der Waals surface area contributed by atoms with Gasteiger partial charge in [0.15, 0.2) is 0 Å². The molecule has 0 aliphatic rings. The number of nitrogens with one attached hydrogen (secondary N) is 5. The highest BCUT2D eigenvalue weighted by atomic mass is 16.6. The maximum absolute atomic E-state index is 13.4. The molecule has 14 heteroatoms. The van der Waals surface area contributed by atoms with Crippen LogP contribution in [0.25, 0.3) is 0 Å². The molecule has 1 aromatic rings. The molecular weight excluding hydrogens is 586 g/mol. The fraction of sp³-hybridized carbons (Fsp3) is 0.613. The van der Waals surface area contributed by atoms with Crippen LogP contribution in [0.5, 0.6) is 0 Å². The maximum atomic E-state index is 13.4. The van der Waals surface area contributed by atoms with Crippen molar-refractivity contribution in [2.24, 2.45) is 11.8 Å². The van der Waals surface area contributed by atoms with Crippen molar-refractivity contribution in [1.82, 2.24) is 26.6 Å². The average molecular weight is 636 g/mol. The Morgan fingerprint density at radius 1 is 0.756 bits per heavy atom. The lowest BCUT2D eigenvalue weighted by Crippen LogP contribution is -2.59. The normalized spacial score (nSPS) is 13.2. The first-order chi connectivity index (χ1) is 21.0. The summed E-state index contributed by atoms with van der Waals surface area (Å²) in [5.74, 6) is -3.96. The van der Waals surface area contributed by atoms with E-state index in [2.05, 4.69) is 26.6 Å². The SMILES string of the molecule is CC(C)[C@H](NC(=O)[C@H](CCCCNC(=O)OCc1ccccc1)NC(=O)OC(C)(C)C)C(=O)N[C@H](C(=O)NCC(=O)O)C(C)C. The van der Waals surface area contributed by atoms with Crippen LogP contribution in [0.4, 0.5) is 9.59 Å². The van der Waals surface area contributed by atoms with Crippen molar-refractivity contribution in [2.75, 3.05) is 13.1 Å². The summed E-state index contributed by atoms with van der Waals surface area (Å²) in [7, 11) is 0. The standard InChI is InChI=1S/C31H49N5O9/c1-19(2)24(27(40)33-17-23(37)38)36-28(41)25(20(3)4)35-26(39)22(34-30(43)45-31(5,6)7)15-11-12-16-32-29(42)44-18-21-13-9-8-10-14-21/h8-10,13-14,19-20,22,24-25H,11-12,15-18H2,1-7H3,(H,32,42)(H,33,40)(H,34,43)(H,35,39)(H,36,41)(H,37,38)/t22-,24-,25-/m0/s1. The van der Waals surface area contributed by atoms with Crippen molar-refractivity contribution in [3.63, 3.8) is 0 Å². The van der Waals surface area contributed by atoms with Gasteiger partial charge in [-0.3, -0.25) is 19.2 Å². The summed E-state index contributed by atoms with van der Waals surface area (Å²) in [6, 6.07) is 6.04. The number of carboxylic acid groups (broad SMARTS) is 1. The first-order valence-electron chi connectivity index (χ1n) is 15.0. The van der Waals surface area contributed by atoms with E-state index in [0.717, 1.165) is 5.56 Å². The van der Waals surface area contributed by atoms with Gasteiger partial charge in [0.2, 0.25) is 17.7 Å². The summed E-state index contributed by atoms with van der Waals surface area (Å²) >= 11 is 0. The second kappa shape index (κ2) is 19.1. The van der Waals surface area contributed by atoms with Crippen LogP contribution in [0.3, 0.4) is 0 Å². The van der Waals surface area contributed by atoms with E-state index in [9.17, 15) is 28.8 Å². The van der Waals surface area contributed by atoms with E-state index in [4.69, 9.17) is 14.6 Å². The van der Waals surface area contributed by atoms with E-state index in [-0.39, 0.29) is 25.5 Å². The highest BCUT2D eigenvalue weighted by molar-refractivity contribution is 5.94. The molecule has 0 bridgehead atoms. The first-order valence-corrected chi connectivity index (χ1v) is 15.0. The van der Waals surface area contributed by atoms with Gasteiger partial charge >= 0.3 is 18.2 Å². The third-order valence-corrected chi connectivity index (χ3v) is 6.32. The number of ether oxygens (including phenoxy) is 2. The summed E-state index contributed by atoms with van der Waals surface area (Å²) in [6.45, 7) is 11.6. The molecule has 1 aromatic carbocycles. The van der Waals surface area contributed by atoms with E-state index in [0.29, 0.717) is 12.8 Å². The number of hydrogen-bond acceptors (Lipinski definition) is 8. The highest BCUT2D eigenvalue weighted by Gasteiger charge is 2.33. The van der Waals surface area contributed by atoms with Crippen molar-refractivity contribution < 1.29 is 43.3 Å². The highest BCUT2D eigenvalue weighted by Crippen LogP contribution is 2.11. The second-order valence-corrected chi connectivity index (χ2v) is 12.3. The van der Waals surface area contributed by atoms with Gasteiger partial charge in [-0.15, -0.1) is 0 Å². The zero-order valence-corrected chi connectivity index (χ0v) is 27.2. The lowest BCUT2D eigenvalue weighted by molar-refractivity contribution is -0.139. The summed E-state index contributed by atoms with van der Waals surface area (Å²) < 4.78 is 10.5. The molecule has 0 aliphatic carbocycles. The zero-order chi connectivity index (χ0) is 34.2. The van der Waals surface area contributed by atoms with Crippen LogP contribution >= 0.6 is 0 Å². The third kappa shape index (κ3) is 16.3. The van der Waals surface area contributed by atoms with Gasteiger partial charge in [0, 0.05) is 6.54 Å². The summed E-state index contributed by atoms with van der Waals surface area (Å²) in [6.07, 6.45) is -0.335. The maximum Gasteiger partial charge on any atom is 0.408 e. The molecule has 0 unspecified atom stereocenters. The molecule has 0 aromatic heterocycles. The molecule has 6 N–H and O–H groups in total. The van der Waals surface area contributed by atoms with Crippen LogP contribution in [-0.4, -0.2) is 77.8 Å². The van der Waals surface area contributed by atoms with Gasteiger partial charge in [0.1, 0.15) is 36.9 Å². The number of aliphatic carboxylic acids is 1.